The van der Waals surface area contributed by atoms with Crippen molar-refractivity contribution < 1.29 is 13.6 Å². The van der Waals surface area contributed by atoms with Gasteiger partial charge in [-0.2, -0.15) is 0 Å². The highest BCUT2D eigenvalue weighted by Gasteiger charge is 2.10. The molecule has 1 N–H and O–H groups in total. The van der Waals surface area contributed by atoms with Gasteiger partial charge in [0.05, 0.1) is 0 Å². The Bertz CT molecular complexity index is 875. The summed E-state index contributed by atoms with van der Waals surface area (Å²) in [6.45, 7) is 1.72. The summed E-state index contributed by atoms with van der Waals surface area (Å²) >= 11 is 1.32. The maximum absolute atomic E-state index is 13.6. The predicted molar refractivity (Wildman–Crippen MR) is 90.4 cm³/mol. The lowest BCUT2D eigenvalue weighted by Crippen LogP contribution is -2.11. The molecule has 0 saturated carbocycles. The number of thiazole rings is 1. The summed E-state index contributed by atoms with van der Waals surface area (Å²) in [6.07, 6.45) is 2.20. The van der Waals surface area contributed by atoms with Crippen molar-refractivity contribution in [3.8, 4) is 0 Å². The minimum atomic E-state index is -0.395. The quantitative estimate of drug-likeness (QED) is 0.753. The van der Waals surface area contributed by atoms with Gasteiger partial charge < -0.3 is 0 Å². The number of hydrogen-bond donors (Lipinski definition) is 1. The van der Waals surface area contributed by atoms with Gasteiger partial charge in [-0.25, -0.2) is 13.8 Å². The number of benzene rings is 2. The number of halogens is 2. The van der Waals surface area contributed by atoms with Gasteiger partial charge >= 0.3 is 0 Å². The van der Waals surface area contributed by atoms with Crippen molar-refractivity contribution >= 4 is 22.4 Å². The van der Waals surface area contributed by atoms with E-state index in [1.54, 1.807) is 19.2 Å². The van der Waals surface area contributed by atoms with Crippen LogP contribution in [-0.2, 0) is 6.42 Å². The average molecular weight is 344 g/mol. The molecule has 3 aromatic rings. The van der Waals surface area contributed by atoms with Crippen molar-refractivity contribution in [2.45, 2.75) is 13.3 Å². The number of amides is 1. The van der Waals surface area contributed by atoms with Crippen LogP contribution in [0, 0.1) is 18.6 Å². The molecule has 0 spiro atoms. The zero-order chi connectivity index (χ0) is 17.1. The number of aromatic nitrogens is 1. The molecule has 2 aromatic carbocycles. The van der Waals surface area contributed by atoms with Gasteiger partial charge in [0.15, 0.2) is 5.13 Å². The molecule has 0 aliphatic carbocycles. The third-order valence-corrected chi connectivity index (χ3v) is 4.41. The number of rotatable bonds is 4. The highest BCUT2D eigenvalue weighted by atomic mass is 32.1. The van der Waals surface area contributed by atoms with Crippen LogP contribution in [0.15, 0.2) is 48.7 Å². The molecule has 0 aliphatic heterocycles. The maximum Gasteiger partial charge on any atom is 0.257 e. The molecule has 1 aromatic heterocycles. The normalized spacial score (nSPS) is 10.6. The van der Waals surface area contributed by atoms with Gasteiger partial charge in [-0.1, -0.05) is 12.1 Å². The van der Waals surface area contributed by atoms with Crippen molar-refractivity contribution in [2.24, 2.45) is 0 Å². The van der Waals surface area contributed by atoms with Crippen LogP contribution in [0.5, 0.6) is 0 Å². The van der Waals surface area contributed by atoms with Crippen molar-refractivity contribution in [1.82, 2.24) is 4.98 Å². The van der Waals surface area contributed by atoms with Crippen LogP contribution in [-0.4, -0.2) is 10.9 Å². The molecule has 0 radical (unpaired) electrons. The van der Waals surface area contributed by atoms with E-state index in [0.717, 1.165) is 10.4 Å². The molecule has 0 saturated heterocycles. The maximum atomic E-state index is 13.6. The largest absolute Gasteiger partial charge is 0.298 e. The Morgan fingerprint density at radius 2 is 1.92 bits per heavy atom. The van der Waals surface area contributed by atoms with Gasteiger partial charge in [-0.3, -0.25) is 10.1 Å². The zero-order valence-electron chi connectivity index (χ0n) is 12.8. The number of carbonyl (C=O) groups is 1. The number of nitrogens with one attached hydrogen (secondary N) is 1. The second kappa shape index (κ2) is 6.88. The Balaban J connectivity index is 1.67. The lowest BCUT2D eigenvalue weighted by atomic mass is 10.1. The van der Waals surface area contributed by atoms with E-state index in [1.165, 1.54) is 41.7 Å². The summed E-state index contributed by atoms with van der Waals surface area (Å²) in [5.74, 6) is -0.979. The Kier molecular flexibility index (Phi) is 4.66. The first kappa shape index (κ1) is 16.3. The van der Waals surface area contributed by atoms with E-state index in [0.29, 0.717) is 22.7 Å². The van der Waals surface area contributed by atoms with E-state index in [-0.39, 0.29) is 11.7 Å². The minimum Gasteiger partial charge on any atom is -0.298 e. The number of nitrogens with zero attached hydrogens (tertiary/aromatic N) is 1. The third-order valence-electron chi connectivity index (χ3n) is 3.50. The second-order valence-corrected chi connectivity index (χ2v) is 6.47. The fourth-order valence-electron chi connectivity index (χ4n) is 2.17. The molecule has 24 heavy (non-hydrogen) atoms. The standard InChI is InChI=1S/C18H14F2N2OS/c1-11-2-3-12(9-16(11)20)8-15-10-21-18(24-15)22-17(23)13-4-6-14(19)7-5-13/h2-7,9-10H,8H2,1H3,(H,21,22,23). The second-order valence-electron chi connectivity index (χ2n) is 5.35. The zero-order valence-corrected chi connectivity index (χ0v) is 13.7. The Hall–Kier alpha value is -2.60. The molecule has 3 rings (SSSR count). The van der Waals surface area contributed by atoms with Crippen LogP contribution in [0.4, 0.5) is 13.9 Å². The van der Waals surface area contributed by atoms with Crippen molar-refractivity contribution in [1.29, 1.82) is 0 Å². The fraction of sp³-hybridized carbons (Fsp3) is 0.111. The first-order valence-corrected chi connectivity index (χ1v) is 8.09. The van der Waals surface area contributed by atoms with Gasteiger partial charge in [-0.05, 0) is 48.4 Å². The number of anilines is 1. The Morgan fingerprint density at radius 1 is 1.17 bits per heavy atom. The smallest absolute Gasteiger partial charge is 0.257 e. The van der Waals surface area contributed by atoms with E-state index in [4.69, 9.17) is 0 Å². The molecular formula is C18H14F2N2OS. The van der Waals surface area contributed by atoms with Gasteiger partial charge in [0.1, 0.15) is 11.6 Å². The van der Waals surface area contributed by atoms with Crippen molar-refractivity contribution in [3.05, 3.63) is 81.9 Å². The van der Waals surface area contributed by atoms with E-state index in [1.807, 2.05) is 6.07 Å². The van der Waals surface area contributed by atoms with Crippen LogP contribution in [0.2, 0.25) is 0 Å². The SMILES string of the molecule is Cc1ccc(Cc2cnc(NC(=O)c3ccc(F)cc3)s2)cc1F. The summed E-state index contributed by atoms with van der Waals surface area (Å²) in [5.41, 5.74) is 1.81. The van der Waals surface area contributed by atoms with Crippen molar-refractivity contribution in [2.75, 3.05) is 5.32 Å². The Labute approximate surface area is 142 Å². The van der Waals surface area contributed by atoms with Crippen LogP contribution in [0.3, 0.4) is 0 Å². The molecule has 1 heterocycles. The first-order valence-electron chi connectivity index (χ1n) is 7.28. The van der Waals surface area contributed by atoms with Gasteiger partial charge in [0, 0.05) is 23.1 Å². The monoisotopic (exact) mass is 344 g/mol. The van der Waals surface area contributed by atoms with Crippen molar-refractivity contribution in [3.63, 3.8) is 0 Å². The minimum absolute atomic E-state index is 0.234. The number of carbonyl (C=O) groups excluding carboxylic acids is 1. The molecule has 0 aliphatic rings. The first-order chi connectivity index (χ1) is 11.5. The molecule has 0 unspecified atom stereocenters. The molecule has 3 nitrogen and oxygen atoms in total. The summed E-state index contributed by atoms with van der Waals surface area (Å²) in [7, 11) is 0. The van der Waals surface area contributed by atoms with Crippen LogP contribution in [0.1, 0.15) is 26.4 Å². The van der Waals surface area contributed by atoms with Gasteiger partial charge in [-0.15, -0.1) is 11.3 Å². The van der Waals surface area contributed by atoms with Gasteiger partial charge in [0.2, 0.25) is 0 Å². The summed E-state index contributed by atoms with van der Waals surface area (Å²) in [4.78, 5) is 17.1. The van der Waals surface area contributed by atoms with E-state index in [2.05, 4.69) is 10.3 Å². The molecule has 0 atom stereocenters. The number of aryl methyl sites for hydroxylation is 1. The highest BCUT2D eigenvalue weighted by Crippen LogP contribution is 2.22. The lowest BCUT2D eigenvalue weighted by Gasteiger charge is -2.02. The van der Waals surface area contributed by atoms with Crippen LogP contribution < -0.4 is 5.32 Å². The molecule has 6 heteroatoms. The van der Waals surface area contributed by atoms with E-state index in [9.17, 15) is 13.6 Å². The van der Waals surface area contributed by atoms with E-state index < -0.39 is 5.82 Å². The summed E-state index contributed by atoms with van der Waals surface area (Å²) < 4.78 is 26.5. The number of hydrogen-bond acceptors (Lipinski definition) is 3. The molecule has 0 fully saturated rings. The summed E-state index contributed by atoms with van der Waals surface area (Å²) in [5, 5.41) is 3.13. The summed E-state index contributed by atoms with van der Waals surface area (Å²) in [6, 6.07) is 10.4. The molecular weight excluding hydrogens is 330 g/mol. The molecule has 1 amide bonds. The Morgan fingerprint density at radius 3 is 2.62 bits per heavy atom. The highest BCUT2D eigenvalue weighted by molar-refractivity contribution is 7.15. The van der Waals surface area contributed by atoms with E-state index >= 15 is 0 Å². The van der Waals surface area contributed by atoms with Crippen LogP contribution >= 0.6 is 11.3 Å². The topological polar surface area (TPSA) is 42.0 Å². The van der Waals surface area contributed by atoms with Crippen LogP contribution in [0.25, 0.3) is 0 Å². The predicted octanol–water partition coefficient (Wildman–Crippen LogP) is 4.57. The third kappa shape index (κ3) is 3.83. The average Bonchev–Trinajstić information content (AvgIpc) is 2.98. The molecule has 122 valence electrons. The fourth-order valence-corrected chi connectivity index (χ4v) is 3.01. The molecule has 0 bridgehead atoms. The lowest BCUT2D eigenvalue weighted by molar-refractivity contribution is 0.102. The van der Waals surface area contributed by atoms with Gasteiger partial charge in [0.25, 0.3) is 5.91 Å².